The van der Waals surface area contributed by atoms with E-state index in [1.807, 2.05) is 24.3 Å². The molecule has 0 aromatic heterocycles. The van der Waals surface area contributed by atoms with Crippen LogP contribution in [0.5, 0.6) is 17.2 Å². The highest BCUT2D eigenvalue weighted by Crippen LogP contribution is 2.22. The van der Waals surface area contributed by atoms with Crippen LogP contribution in [0.2, 0.25) is 0 Å². The van der Waals surface area contributed by atoms with Gasteiger partial charge in [0.1, 0.15) is 17.2 Å². The summed E-state index contributed by atoms with van der Waals surface area (Å²) in [5, 5.41) is 2.75. The zero-order valence-corrected chi connectivity index (χ0v) is 13.9. The zero-order chi connectivity index (χ0) is 17.4. The Labute approximate surface area is 141 Å². The summed E-state index contributed by atoms with van der Waals surface area (Å²) in [6.45, 7) is 0.240. The van der Waals surface area contributed by atoms with Gasteiger partial charge in [0, 0.05) is 17.2 Å². The highest BCUT2D eigenvalue weighted by atomic mass is 16.5. The lowest BCUT2D eigenvalue weighted by Gasteiger charge is -2.07. The molecule has 2 rings (SSSR count). The Balaban J connectivity index is 1.97. The summed E-state index contributed by atoms with van der Waals surface area (Å²) in [4.78, 5) is 12.2. The van der Waals surface area contributed by atoms with Crippen LogP contribution in [0.3, 0.4) is 0 Å². The molecule has 1 N–H and O–H groups in total. The first-order valence-corrected chi connectivity index (χ1v) is 7.30. The van der Waals surface area contributed by atoms with E-state index < -0.39 is 0 Å². The summed E-state index contributed by atoms with van der Waals surface area (Å²) in [5.41, 5.74) is 1.31. The number of benzene rings is 2. The summed E-state index contributed by atoms with van der Waals surface area (Å²) >= 11 is 0. The number of carbonyl (C=O) groups is 1. The van der Waals surface area contributed by atoms with Gasteiger partial charge in [-0.25, -0.2) is 0 Å². The monoisotopic (exact) mass is 325 g/mol. The number of rotatable bonds is 5. The van der Waals surface area contributed by atoms with Crippen LogP contribution >= 0.6 is 0 Å². The van der Waals surface area contributed by atoms with Crippen molar-refractivity contribution in [3.8, 4) is 29.1 Å². The molecule has 2 aromatic rings. The molecule has 0 saturated heterocycles. The molecule has 0 radical (unpaired) electrons. The maximum absolute atomic E-state index is 12.2. The van der Waals surface area contributed by atoms with Crippen LogP contribution in [0.1, 0.15) is 15.9 Å². The third-order valence-electron chi connectivity index (χ3n) is 3.27. The molecule has 0 aliphatic rings. The van der Waals surface area contributed by atoms with Gasteiger partial charge in [0.15, 0.2) is 0 Å². The fraction of sp³-hybridized carbons (Fsp3) is 0.211. The normalized spacial score (nSPS) is 9.46. The van der Waals surface area contributed by atoms with Crippen molar-refractivity contribution in [2.75, 3.05) is 27.9 Å². The van der Waals surface area contributed by atoms with Gasteiger partial charge < -0.3 is 19.5 Å². The van der Waals surface area contributed by atoms with Gasteiger partial charge in [0.05, 0.1) is 27.9 Å². The van der Waals surface area contributed by atoms with Crippen LogP contribution in [0.4, 0.5) is 0 Å². The third kappa shape index (κ3) is 4.68. The van der Waals surface area contributed by atoms with E-state index in [1.54, 1.807) is 25.3 Å². The van der Waals surface area contributed by atoms with Crippen molar-refractivity contribution in [3.63, 3.8) is 0 Å². The van der Waals surface area contributed by atoms with E-state index in [9.17, 15) is 4.79 Å². The topological polar surface area (TPSA) is 56.8 Å². The Morgan fingerprint density at radius 2 is 1.50 bits per heavy atom. The molecule has 24 heavy (non-hydrogen) atoms. The summed E-state index contributed by atoms with van der Waals surface area (Å²) in [6, 6.07) is 12.4. The third-order valence-corrected chi connectivity index (χ3v) is 3.27. The average molecular weight is 325 g/mol. The van der Waals surface area contributed by atoms with E-state index in [4.69, 9.17) is 14.2 Å². The van der Waals surface area contributed by atoms with Gasteiger partial charge in [0.25, 0.3) is 5.91 Å². The maximum Gasteiger partial charge on any atom is 0.252 e. The van der Waals surface area contributed by atoms with Crippen molar-refractivity contribution in [1.82, 2.24) is 5.32 Å². The molecule has 0 unspecified atom stereocenters. The summed E-state index contributed by atoms with van der Waals surface area (Å²) < 4.78 is 15.4. The molecular weight excluding hydrogens is 306 g/mol. The molecule has 0 fully saturated rings. The van der Waals surface area contributed by atoms with Crippen LogP contribution < -0.4 is 19.5 Å². The predicted molar refractivity (Wildman–Crippen MR) is 91.8 cm³/mol. The minimum absolute atomic E-state index is 0.240. The number of hydrogen-bond acceptors (Lipinski definition) is 4. The number of methoxy groups -OCH3 is 3. The van der Waals surface area contributed by atoms with Gasteiger partial charge in [-0.1, -0.05) is 11.8 Å². The second-order valence-corrected chi connectivity index (χ2v) is 4.81. The molecule has 0 aliphatic heterocycles. The lowest BCUT2D eigenvalue weighted by atomic mass is 10.2. The van der Waals surface area contributed by atoms with E-state index in [2.05, 4.69) is 17.2 Å². The molecule has 0 aliphatic carbocycles. The molecule has 0 atom stereocenters. The van der Waals surface area contributed by atoms with E-state index >= 15 is 0 Å². The van der Waals surface area contributed by atoms with Gasteiger partial charge in [-0.2, -0.15) is 0 Å². The van der Waals surface area contributed by atoms with Crippen molar-refractivity contribution in [2.45, 2.75) is 0 Å². The first-order chi connectivity index (χ1) is 11.7. The predicted octanol–water partition coefficient (Wildman–Crippen LogP) is 2.49. The number of carbonyl (C=O) groups excluding carboxylic acids is 1. The van der Waals surface area contributed by atoms with E-state index in [0.717, 1.165) is 11.3 Å². The van der Waals surface area contributed by atoms with Gasteiger partial charge >= 0.3 is 0 Å². The van der Waals surface area contributed by atoms with Gasteiger partial charge in [-0.05, 0) is 36.4 Å². The Morgan fingerprint density at radius 1 is 0.917 bits per heavy atom. The SMILES string of the molecule is COc1ccc(C#CCNC(=O)c2cc(OC)cc(OC)c2)cc1. The Kier molecular flexibility index (Phi) is 6.09. The second kappa shape index (κ2) is 8.49. The molecular formula is C19H19NO4. The number of nitrogens with one attached hydrogen (secondary N) is 1. The van der Waals surface area contributed by atoms with Crippen LogP contribution in [-0.4, -0.2) is 33.8 Å². The minimum Gasteiger partial charge on any atom is -0.497 e. The van der Waals surface area contributed by atoms with Crippen LogP contribution in [0.15, 0.2) is 42.5 Å². The molecule has 124 valence electrons. The van der Waals surface area contributed by atoms with Gasteiger partial charge in [-0.15, -0.1) is 0 Å². The quantitative estimate of drug-likeness (QED) is 0.858. The Morgan fingerprint density at radius 3 is 2.04 bits per heavy atom. The van der Waals surface area contributed by atoms with Crippen molar-refractivity contribution < 1.29 is 19.0 Å². The fourth-order valence-corrected chi connectivity index (χ4v) is 1.99. The number of amides is 1. The Hall–Kier alpha value is -3.13. The van der Waals surface area contributed by atoms with Gasteiger partial charge in [0.2, 0.25) is 0 Å². The number of ether oxygens (including phenoxy) is 3. The molecule has 0 saturated carbocycles. The summed E-state index contributed by atoms with van der Waals surface area (Å²) in [7, 11) is 4.69. The van der Waals surface area contributed by atoms with Crippen molar-refractivity contribution in [3.05, 3.63) is 53.6 Å². The molecule has 0 bridgehead atoms. The van der Waals surface area contributed by atoms with Crippen LogP contribution in [0, 0.1) is 11.8 Å². The maximum atomic E-state index is 12.2. The largest absolute Gasteiger partial charge is 0.497 e. The van der Waals surface area contributed by atoms with Crippen LogP contribution in [0.25, 0.3) is 0 Å². The standard InChI is InChI=1S/C19H19NO4/c1-22-16-8-6-14(7-9-16)5-4-10-20-19(21)15-11-17(23-2)13-18(12-15)24-3/h6-9,11-13H,10H2,1-3H3,(H,20,21). The molecule has 2 aromatic carbocycles. The first kappa shape index (κ1) is 17.2. The van der Waals surface area contributed by atoms with Crippen LogP contribution in [-0.2, 0) is 0 Å². The van der Waals surface area contributed by atoms with E-state index in [0.29, 0.717) is 17.1 Å². The average Bonchev–Trinajstić information content (AvgIpc) is 2.64. The van der Waals surface area contributed by atoms with Crippen molar-refractivity contribution in [2.24, 2.45) is 0 Å². The highest BCUT2D eigenvalue weighted by molar-refractivity contribution is 5.95. The first-order valence-electron chi connectivity index (χ1n) is 7.30. The molecule has 1 amide bonds. The number of hydrogen-bond donors (Lipinski definition) is 1. The smallest absolute Gasteiger partial charge is 0.252 e. The lowest BCUT2D eigenvalue weighted by molar-refractivity contribution is 0.0958. The lowest BCUT2D eigenvalue weighted by Crippen LogP contribution is -2.23. The van der Waals surface area contributed by atoms with Crippen molar-refractivity contribution >= 4 is 5.91 Å². The van der Waals surface area contributed by atoms with Gasteiger partial charge in [-0.3, -0.25) is 4.79 Å². The fourth-order valence-electron chi connectivity index (χ4n) is 1.99. The van der Waals surface area contributed by atoms with E-state index in [1.165, 1.54) is 14.2 Å². The minimum atomic E-state index is -0.240. The molecule has 5 nitrogen and oxygen atoms in total. The zero-order valence-electron chi connectivity index (χ0n) is 13.9. The Bertz CT molecular complexity index is 735. The molecule has 0 spiro atoms. The summed E-state index contributed by atoms with van der Waals surface area (Å²) in [5.74, 6) is 7.55. The second-order valence-electron chi connectivity index (χ2n) is 4.81. The van der Waals surface area contributed by atoms with Crippen molar-refractivity contribution in [1.29, 1.82) is 0 Å². The molecule has 5 heteroatoms. The van der Waals surface area contributed by atoms with E-state index in [-0.39, 0.29) is 12.5 Å². The summed E-state index contributed by atoms with van der Waals surface area (Å²) in [6.07, 6.45) is 0. The highest BCUT2D eigenvalue weighted by Gasteiger charge is 2.08. The molecule has 0 heterocycles.